The number of carbonyl (C=O) groups is 1. The van der Waals surface area contributed by atoms with Crippen LogP contribution < -0.4 is 9.64 Å². The van der Waals surface area contributed by atoms with Crippen LogP contribution in [0, 0.1) is 13.8 Å². The average molecular weight is 412 g/mol. The van der Waals surface area contributed by atoms with Crippen molar-refractivity contribution in [3.63, 3.8) is 0 Å². The van der Waals surface area contributed by atoms with Gasteiger partial charge in [-0.05, 0) is 67.9 Å². The van der Waals surface area contributed by atoms with Crippen molar-refractivity contribution in [3.05, 3.63) is 101 Å². The van der Waals surface area contributed by atoms with Gasteiger partial charge < -0.3 is 18.8 Å². The summed E-state index contributed by atoms with van der Waals surface area (Å²) >= 11 is 0. The van der Waals surface area contributed by atoms with E-state index in [1.54, 1.807) is 7.11 Å². The van der Waals surface area contributed by atoms with Gasteiger partial charge in [-0.15, -0.1) is 0 Å². The SMILES string of the molecule is COc1cc(C(=O)N2Cc3cccn3Cc3ccccc32)ccc1-n1c(C)ccc1C. The highest BCUT2D eigenvalue weighted by atomic mass is 16.5. The van der Waals surface area contributed by atoms with Crippen LogP contribution in [0.3, 0.4) is 0 Å². The van der Waals surface area contributed by atoms with Crippen molar-refractivity contribution in [2.45, 2.75) is 26.9 Å². The van der Waals surface area contributed by atoms with E-state index in [-0.39, 0.29) is 5.91 Å². The molecule has 0 saturated heterocycles. The highest BCUT2D eigenvalue weighted by molar-refractivity contribution is 6.07. The number of anilines is 1. The van der Waals surface area contributed by atoms with E-state index < -0.39 is 0 Å². The van der Waals surface area contributed by atoms with Gasteiger partial charge in [-0.1, -0.05) is 18.2 Å². The van der Waals surface area contributed by atoms with Crippen LogP contribution in [0.5, 0.6) is 5.75 Å². The Kier molecular flexibility index (Phi) is 4.66. The highest BCUT2D eigenvalue weighted by Gasteiger charge is 2.25. The van der Waals surface area contributed by atoms with Gasteiger partial charge in [0, 0.05) is 41.1 Å². The van der Waals surface area contributed by atoms with Crippen LogP contribution in [0.25, 0.3) is 5.69 Å². The monoisotopic (exact) mass is 411 g/mol. The lowest BCUT2D eigenvalue weighted by atomic mass is 10.1. The summed E-state index contributed by atoms with van der Waals surface area (Å²) in [6.45, 7) is 5.42. The summed E-state index contributed by atoms with van der Waals surface area (Å²) in [6.07, 6.45) is 2.07. The Morgan fingerprint density at radius 3 is 2.42 bits per heavy atom. The number of hydrogen-bond donors (Lipinski definition) is 0. The Morgan fingerprint density at radius 2 is 1.65 bits per heavy atom. The molecule has 0 unspecified atom stereocenters. The third kappa shape index (κ3) is 3.22. The minimum atomic E-state index is -0.0344. The maximum atomic E-state index is 13.7. The van der Waals surface area contributed by atoms with Crippen LogP contribution in [0.2, 0.25) is 0 Å². The summed E-state index contributed by atoms with van der Waals surface area (Å²) in [5.74, 6) is 0.646. The molecule has 31 heavy (non-hydrogen) atoms. The standard InChI is InChI=1S/C26H25N3O2/c1-18-10-11-19(2)29(18)24-13-12-20(15-25(24)31-3)26(30)28-17-22-8-6-14-27(22)16-21-7-4-5-9-23(21)28/h4-15H,16-17H2,1-3H3. The molecule has 1 amide bonds. The molecule has 0 N–H and O–H groups in total. The Balaban J connectivity index is 1.57. The maximum Gasteiger partial charge on any atom is 0.258 e. The molecule has 1 aliphatic rings. The van der Waals surface area contributed by atoms with E-state index in [0.29, 0.717) is 17.9 Å². The number of rotatable bonds is 3. The van der Waals surface area contributed by atoms with Crippen LogP contribution in [-0.2, 0) is 13.1 Å². The molecule has 1 aliphatic heterocycles. The van der Waals surface area contributed by atoms with Crippen molar-refractivity contribution in [3.8, 4) is 11.4 Å². The third-order valence-corrected chi connectivity index (χ3v) is 6.05. The summed E-state index contributed by atoms with van der Waals surface area (Å²) < 4.78 is 10.0. The lowest BCUT2D eigenvalue weighted by Gasteiger charge is -2.23. The van der Waals surface area contributed by atoms with Crippen molar-refractivity contribution in [2.24, 2.45) is 0 Å². The molecule has 3 heterocycles. The zero-order valence-corrected chi connectivity index (χ0v) is 18.0. The van der Waals surface area contributed by atoms with Crippen LogP contribution in [0.4, 0.5) is 5.69 Å². The molecule has 2 aromatic carbocycles. The molecule has 5 heteroatoms. The Hall–Kier alpha value is -3.73. The number of fused-ring (bicyclic) bond motifs is 2. The number of nitrogens with zero attached hydrogens (tertiary/aromatic N) is 3. The first-order chi connectivity index (χ1) is 15.1. The molecule has 0 fully saturated rings. The van der Waals surface area contributed by atoms with E-state index >= 15 is 0 Å². The van der Waals surface area contributed by atoms with E-state index in [4.69, 9.17) is 4.74 Å². The van der Waals surface area contributed by atoms with E-state index in [0.717, 1.165) is 40.6 Å². The van der Waals surface area contributed by atoms with Gasteiger partial charge in [0.1, 0.15) is 5.75 Å². The van der Waals surface area contributed by atoms with Gasteiger partial charge in [-0.3, -0.25) is 4.79 Å². The molecule has 4 aromatic rings. The van der Waals surface area contributed by atoms with Crippen LogP contribution >= 0.6 is 0 Å². The molecule has 0 atom stereocenters. The van der Waals surface area contributed by atoms with Gasteiger partial charge in [0.05, 0.1) is 19.3 Å². The van der Waals surface area contributed by atoms with Gasteiger partial charge >= 0.3 is 0 Å². The first kappa shape index (κ1) is 19.2. The van der Waals surface area contributed by atoms with Crippen molar-refractivity contribution in [2.75, 3.05) is 12.0 Å². The number of hydrogen-bond acceptors (Lipinski definition) is 2. The van der Waals surface area contributed by atoms with Crippen LogP contribution in [0.15, 0.2) is 72.9 Å². The van der Waals surface area contributed by atoms with Gasteiger partial charge in [-0.25, -0.2) is 0 Å². The predicted molar refractivity (Wildman–Crippen MR) is 122 cm³/mol. The van der Waals surface area contributed by atoms with E-state index in [1.165, 1.54) is 0 Å². The summed E-state index contributed by atoms with van der Waals surface area (Å²) in [5.41, 5.74) is 6.99. The Bertz CT molecular complexity index is 1260. The number of para-hydroxylation sites is 1. The number of ether oxygens (including phenoxy) is 1. The molecular formula is C26H25N3O2. The second-order valence-electron chi connectivity index (χ2n) is 7.99. The molecule has 5 nitrogen and oxygen atoms in total. The number of aryl methyl sites for hydroxylation is 2. The molecule has 156 valence electrons. The summed E-state index contributed by atoms with van der Waals surface area (Å²) in [5, 5.41) is 0. The van der Waals surface area contributed by atoms with E-state index in [2.05, 4.69) is 53.4 Å². The van der Waals surface area contributed by atoms with Crippen molar-refractivity contribution in [1.82, 2.24) is 9.13 Å². The van der Waals surface area contributed by atoms with Crippen molar-refractivity contribution >= 4 is 11.6 Å². The third-order valence-electron chi connectivity index (χ3n) is 6.05. The minimum Gasteiger partial charge on any atom is -0.495 e. The van der Waals surface area contributed by atoms with Gasteiger partial charge in [0.15, 0.2) is 0 Å². The van der Waals surface area contributed by atoms with Crippen molar-refractivity contribution in [1.29, 1.82) is 0 Å². The largest absolute Gasteiger partial charge is 0.495 e. The summed E-state index contributed by atoms with van der Waals surface area (Å²) in [4.78, 5) is 15.6. The predicted octanol–water partition coefficient (Wildman–Crippen LogP) is 5.11. The molecular weight excluding hydrogens is 386 g/mol. The second-order valence-corrected chi connectivity index (χ2v) is 7.99. The van der Waals surface area contributed by atoms with Crippen LogP contribution in [0.1, 0.15) is 33.0 Å². The lowest BCUT2D eigenvalue weighted by molar-refractivity contribution is 0.0984. The topological polar surface area (TPSA) is 39.4 Å². The lowest BCUT2D eigenvalue weighted by Crippen LogP contribution is -2.30. The zero-order valence-electron chi connectivity index (χ0n) is 18.0. The molecule has 5 rings (SSSR count). The van der Waals surface area contributed by atoms with E-state index in [9.17, 15) is 4.79 Å². The molecule has 0 spiro atoms. The van der Waals surface area contributed by atoms with Crippen LogP contribution in [-0.4, -0.2) is 22.2 Å². The van der Waals surface area contributed by atoms with E-state index in [1.807, 2.05) is 47.4 Å². The fourth-order valence-electron chi connectivity index (χ4n) is 4.47. The molecule has 0 saturated carbocycles. The Morgan fingerprint density at radius 1 is 0.871 bits per heavy atom. The molecule has 0 aliphatic carbocycles. The number of carbonyl (C=O) groups excluding carboxylic acids is 1. The molecule has 0 bridgehead atoms. The smallest absolute Gasteiger partial charge is 0.258 e. The summed E-state index contributed by atoms with van der Waals surface area (Å²) in [6, 6.07) is 22.1. The highest BCUT2D eigenvalue weighted by Crippen LogP contribution is 2.32. The number of methoxy groups -OCH3 is 1. The zero-order chi connectivity index (χ0) is 21.5. The second kappa shape index (κ2) is 7.51. The fourth-order valence-corrected chi connectivity index (χ4v) is 4.47. The van der Waals surface area contributed by atoms with Gasteiger partial charge in [-0.2, -0.15) is 0 Å². The normalized spacial score (nSPS) is 12.8. The average Bonchev–Trinajstić information content (AvgIpc) is 3.32. The number of aromatic nitrogens is 2. The quantitative estimate of drug-likeness (QED) is 0.470. The number of amides is 1. The van der Waals surface area contributed by atoms with Crippen molar-refractivity contribution < 1.29 is 9.53 Å². The Labute approximate surface area is 182 Å². The fraction of sp³-hybridized carbons (Fsp3) is 0.192. The first-order valence-electron chi connectivity index (χ1n) is 10.4. The minimum absolute atomic E-state index is 0.0344. The molecule has 0 radical (unpaired) electrons. The number of benzene rings is 2. The maximum absolute atomic E-state index is 13.7. The first-order valence-corrected chi connectivity index (χ1v) is 10.4. The molecule has 2 aromatic heterocycles. The van der Waals surface area contributed by atoms with Gasteiger partial charge in [0.2, 0.25) is 0 Å². The summed E-state index contributed by atoms with van der Waals surface area (Å²) in [7, 11) is 1.65. The van der Waals surface area contributed by atoms with Gasteiger partial charge in [0.25, 0.3) is 5.91 Å².